The van der Waals surface area contributed by atoms with Crippen molar-refractivity contribution in [3.05, 3.63) is 0 Å². The molecule has 0 saturated heterocycles. The fraction of sp³-hybridized carbons (Fsp3) is 0.857. The molecule has 0 radical (unpaired) electrons. The molecule has 0 spiro atoms. The van der Waals surface area contributed by atoms with Gasteiger partial charge in [-0.2, -0.15) is 24.4 Å². The Bertz CT molecular complexity index is 107. The molecule has 0 aliphatic rings. The second kappa shape index (κ2) is 8.27. The van der Waals surface area contributed by atoms with Crippen molar-refractivity contribution in [1.29, 1.82) is 0 Å². The molecule has 0 aromatic heterocycles. The summed E-state index contributed by atoms with van der Waals surface area (Å²) >= 11 is 5.64. The van der Waals surface area contributed by atoms with Gasteiger partial charge < -0.3 is 4.74 Å². The highest BCUT2D eigenvalue weighted by Gasteiger charge is 1.96. The molecule has 0 atom stereocenters. The number of carbonyl (C=O) groups is 1. The third-order valence-corrected chi connectivity index (χ3v) is 2.27. The van der Waals surface area contributed by atoms with Gasteiger partial charge in [0.25, 0.3) is 0 Å². The fourth-order valence-corrected chi connectivity index (χ4v) is 1.24. The van der Waals surface area contributed by atoms with Gasteiger partial charge in [-0.3, -0.25) is 4.79 Å². The van der Waals surface area contributed by atoms with Crippen LogP contribution in [-0.4, -0.2) is 29.8 Å². The van der Waals surface area contributed by atoms with Crippen molar-refractivity contribution in [3.8, 4) is 0 Å². The molecule has 4 heteroatoms. The summed E-state index contributed by atoms with van der Waals surface area (Å²) < 4.78 is 4.81. The van der Waals surface area contributed by atoms with Crippen LogP contribution >= 0.6 is 24.4 Å². The maximum atomic E-state index is 10.5. The summed E-state index contributed by atoms with van der Waals surface area (Å²) in [5.41, 5.74) is 0. The summed E-state index contributed by atoms with van der Waals surface area (Å²) in [4.78, 5) is 10.5. The molecular formula is C7H14O2S2. The molecule has 0 saturated carbocycles. The molecule has 0 bridgehead atoms. The number of thiol groups is 1. The van der Waals surface area contributed by atoms with Gasteiger partial charge in [0.2, 0.25) is 0 Å². The quantitative estimate of drug-likeness (QED) is 0.395. The topological polar surface area (TPSA) is 26.3 Å². The van der Waals surface area contributed by atoms with E-state index in [1.54, 1.807) is 0 Å². The standard InChI is InChI=1S/C7H14O2S2/c1-2-11-5-3-4-9-7(8)6-10/h10H,2-6H2,1H3. The minimum Gasteiger partial charge on any atom is -0.465 e. The van der Waals surface area contributed by atoms with E-state index in [-0.39, 0.29) is 11.7 Å². The van der Waals surface area contributed by atoms with Crippen LogP contribution < -0.4 is 0 Å². The number of hydrogen-bond acceptors (Lipinski definition) is 4. The molecule has 0 aliphatic carbocycles. The van der Waals surface area contributed by atoms with E-state index in [1.165, 1.54) is 0 Å². The molecular weight excluding hydrogens is 180 g/mol. The van der Waals surface area contributed by atoms with Crippen molar-refractivity contribution in [3.63, 3.8) is 0 Å². The van der Waals surface area contributed by atoms with Gasteiger partial charge in [-0.1, -0.05) is 6.92 Å². The Morgan fingerprint density at radius 2 is 2.36 bits per heavy atom. The van der Waals surface area contributed by atoms with E-state index < -0.39 is 0 Å². The molecule has 2 nitrogen and oxygen atoms in total. The average Bonchev–Trinajstić information content (AvgIpc) is 2.04. The lowest BCUT2D eigenvalue weighted by molar-refractivity contribution is -0.140. The SMILES string of the molecule is CCSCCCOC(=O)CS. The van der Waals surface area contributed by atoms with Gasteiger partial charge in [0.15, 0.2) is 0 Å². The minimum atomic E-state index is -0.227. The van der Waals surface area contributed by atoms with Crippen LogP contribution in [0.1, 0.15) is 13.3 Å². The second-order valence-electron chi connectivity index (χ2n) is 1.93. The summed E-state index contributed by atoms with van der Waals surface area (Å²) in [6.07, 6.45) is 0.942. The number of rotatable bonds is 6. The monoisotopic (exact) mass is 194 g/mol. The number of hydrogen-bond donors (Lipinski definition) is 1. The van der Waals surface area contributed by atoms with Crippen LogP contribution in [0.4, 0.5) is 0 Å². The summed E-state index contributed by atoms with van der Waals surface area (Å²) in [6, 6.07) is 0. The molecule has 66 valence electrons. The predicted molar refractivity (Wildman–Crippen MR) is 52.4 cm³/mol. The first-order valence-corrected chi connectivity index (χ1v) is 5.44. The largest absolute Gasteiger partial charge is 0.465 e. The van der Waals surface area contributed by atoms with Gasteiger partial charge in [0.1, 0.15) is 0 Å². The molecule has 0 amide bonds. The van der Waals surface area contributed by atoms with Crippen LogP contribution in [0, 0.1) is 0 Å². The van der Waals surface area contributed by atoms with E-state index in [0.29, 0.717) is 6.61 Å². The number of ether oxygens (including phenoxy) is 1. The van der Waals surface area contributed by atoms with E-state index in [9.17, 15) is 4.79 Å². The third kappa shape index (κ3) is 8.07. The highest BCUT2D eigenvalue weighted by atomic mass is 32.2. The zero-order valence-corrected chi connectivity index (χ0v) is 8.42. The van der Waals surface area contributed by atoms with Crippen molar-refractivity contribution in [2.75, 3.05) is 23.9 Å². The molecule has 0 aliphatic heterocycles. The molecule has 0 aromatic rings. The van der Waals surface area contributed by atoms with Crippen molar-refractivity contribution < 1.29 is 9.53 Å². The molecule has 0 aromatic carbocycles. The number of esters is 1. The van der Waals surface area contributed by atoms with E-state index in [4.69, 9.17) is 4.74 Å². The van der Waals surface area contributed by atoms with Gasteiger partial charge in [-0.15, -0.1) is 0 Å². The minimum absolute atomic E-state index is 0.181. The van der Waals surface area contributed by atoms with Crippen molar-refractivity contribution in [2.24, 2.45) is 0 Å². The Hall–Kier alpha value is 0.170. The second-order valence-corrected chi connectivity index (χ2v) is 3.64. The Morgan fingerprint density at radius 1 is 1.64 bits per heavy atom. The first kappa shape index (κ1) is 11.2. The van der Waals surface area contributed by atoms with Gasteiger partial charge in [0.05, 0.1) is 12.4 Å². The normalized spacial score (nSPS) is 9.64. The number of carbonyl (C=O) groups excluding carboxylic acids is 1. The van der Waals surface area contributed by atoms with Crippen LogP contribution in [0.3, 0.4) is 0 Å². The Labute approximate surface area is 77.5 Å². The Balaban J connectivity index is 2.95. The summed E-state index contributed by atoms with van der Waals surface area (Å²) in [5.74, 6) is 2.15. The molecule has 11 heavy (non-hydrogen) atoms. The Kier molecular flexibility index (Phi) is 8.40. The van der Waals surface area contributed by atoms with Crippen LogP contribution in [0.25, 0.3) is 0 Å². The molecule has 0 fully saturated rings. The van der Waals surface area contributed by atoms with Gasteiger partial charge in [-0.05, 0) is 17.9 Å². The van der Waals surface area contributed by atoms with Crippen LogP contribution in [0.5, 0.6) is 0 Å². The molecule has 0 heterocycles. The third-order valence-electron chi connectivity index (χ3n) is 1.03. The van der Waals surface area contributed by atoms with Crippen molar-refractivity contribution >= 4 is 30.4 Å². The lowest BCUT2D eigenvalue weighted by atomic mass is 10.5. The highest BCUT2D eigenvalue weighted by molar-refractivity contribution is 7.99. The summed E-state index contributed by atoms with van der Waals surface area (Å²) in [5, 5.41) is 0. The summed E-state index contributed by atoms with van der Waals surface area (Å²) in [6.45, 7) is 2.65. The molecule has 0 rings (SSSR count). The van der Waals surface area contributed by atoms with E-state index in [0.717, 1.165) is 17.9 Å². The average molecular weight is 194 g/mol. The van der Waals surface area contributed by atoms with Gasteiger partial charge in [0, 0.05) is 0 Å². The van der Waals surface area contributed by atoms with Crippen LogP contribution in [0.15, 0.2) is 0 Å². The molecule has 0 unspecified atom stereocenters. The predicted octanol–water partition coefficient (Wildman–Crippen LogP) is 1.60. The first-order chi connectivity index (χ1) is 5.31. The summed E-state index contributed by atoms with van der Waals surface area (Å²) in [7, 11) is 0. The smallest absolute Gasteiger partial charge is 0.315 e. The maximum absolute atomic E-state index is 10.5. The zero-order valence-electron chi connectivity index (χ0n) is 6.71. The lowest BCUT2D eigenvalue weighted by Crippen LogP contribution is -2.07. The lowest BCUT2D eigenvalue weighted by Gasteiger charge is -2.01. The van der Waals surface area contributed by atoms with Crippen molar-refractivity contribution in [1.82, 2.24) is 0 Å². The van der Waals surface area contributed by atoms with Crippen LogP contribution in [0.2, 0.25) is 0 Å². The van der Waals surface area contributed by atoms with Gasteiger partial charge >= 0.3 is 5.97 Å². The first-order valence-electron chi connectivity index (χ1n) is 3.65. The van der Waals surface area contributed by atoms with E-state index in [1.807, 2.05) is 11.8 Å². The van der Waals surface area contributed by atoms with E-state index >= 15 is 0 Å². The number of thioether (sulfide) groups is 1. The van der Waals surface area contributed by atoms with Gasteiger partial charge in [-0.25, -0.2) is 0 Å². The highest BCUT2D eigenvalue weighted by Crippen LogP contribution is 2.00. The maximum Gasteiger partial charge on any atom is 0.315 e. The van der Waals surface area contributed by atoms with Crippen molar-refractivity contribution in [2.45, 2.75) is 13.3 Å². The van der Waals surface area contributed by atoms with E-state index in [2.05, 4.69) is 19.6 Å². The Morgan fingerprint density at radius 3 is 2.91 bits per heavy atom. The van der Waals surface area contributed by atoms with Crippen LogP contribution in [-0.2, 0) is 9.53 Å². The molecule has 0 N–H and O–H groups in total. The fourth-order valence-electron chi connectivity index (χ4n) is 0.537. The zero-order chi connectivity index (χ0) is 8.53.